The van der Waals surface area contributed by atoms with E-state index in [1.54, 1.807) is 0 Å². The van der Waals surface area contributed by atoms with E-state index >= 15 is 0 Å². The van der Waals surface area contributed by atoms with Gasteiger partial charge >= 0.3 is 0 Å². The highest BCUT2D eigenvalue weighted by Crippen LogP contribution is 2.27. The normalized spacial score (nSPS) is 15.1. The van der Waals surface area contributed by atoms with Gasteiger partial charge in [-0.2, -0.15) is 0 Å². The van der Waals surface area contributed by atoms with E-state index in [9.17, 15) is 0 Å². The van der Waals surface area contributed by atoms with Crippen molar-refractivity contribution in [2.24, 2.45) is 0 Å². The highest BCUT2D eigenvalue weighted by Gasteiger charge is 2.14. The van der Waals surface area contributed by atoms with Crippen molar-refractivity contribution >= 4 is 27.7 Å². The van der Waals surface area contributed by atoms with Gasteiger partial charge in [0.2, 0.25) is 0 Å². The van der Waals surface area contributed by atoms with Crippen molar-refractivity contribution in [3.8, 4) is 0 Å². The Morgan fingerprint density at radius 3 is 3.14 bits per heavy atom. The Morgan fingerprint density at radius 1 is 1.50 bits per heavy atom. The molecule has 1 nitrogen and oxygen atoms in total. The minimum absolute atomic E-state index is 0.921. The second-order valence-electron chi connectivity index (χ2n) is 3.62. The van der Waals surface area contributed by atoms with Crippen LogP contribution in [-0.4, -0.2) is 18.9 Å². The van der Waals surface area contributed by atoms with Crippen LogP contribution in [-0.2, 0) is 6.42 Å². The molecular weight excluding hydrogens is 238 g/mol. The molecule has 1 aliphatic heterocycles. The number of nitrogens with zero attached hydrogens (tertiary/aromatic N) is 1. The van der Waals surface area contributed by atoms with E-state index in [0.29, 0.717) is 0 Å². The van der Waals surface area contributed by atoms with Gasteiger partial charge in [0, 0.05) is 24.6 Å². The Bertz CT molecular complexity index is 357. The van der Waals surface area contributed by atoms with Crippen molar-refractivity contribution < 1.29 is 0 Å². The smallest absolute Gasteiger partial charge is 0.0397 e. The Labute approximate surface area is 93.6 Å². The summed E-state index contributed by atoms with van der Waals surface area (Å²) in [5.41, 5.74) is 4.17. The van der Waals surface area contributed by atoms with E-state index in [1.807, 2.05) is 0 Å². The number of anilines is 1. The van der Waals surface area contributed by atoms with Gasteiger partial charge in [0.25, 0.3) is 0 Å². The van der Waals surface area contributed by atoms with Crippen LogP contribution in [0.15, 0.2) is 24.3 Å². The maximum absolute atomic E-state index is 3.38. The first-order valence-corrected chi connectivity index (χ1v) is 6.00. The summed E-state index contributed by atoms with van der Waals surface area (Å²) < 4.78 is 0. The Hall–Kier alpha value is -0.760. The average Bonchev–Trinajstić information content (AvgIpc) is 2.57. The van der Waals surface area contributed by atoms with E-state index < -0.39 is 0 Å². The zero-order chi connectivity index (χ0) is 9.97. The summed E-state index contributed by atoms with van der Waals surface area (Å²) in [7, 11) is 2.15. The summed E-state index contributed by atoms with van der Waals surface area (Å²) in [6.07, 6.45) is 5.47. The van der Waals surface area contributed by atoms with Gasteiger partial charge in [-0.05, 0) is 29.7 Å². The van der Waals surface area contributed by atoms with Crippen LogP contribution in [0, 0.1) is 0 Å². The second-order valence-corrected chi connectivity index (χ2v) is 4.26. The second kappa shape index (κ2) is 4.18. The molecule has 2 rings (SSSR count). The number of alkyl halides is 1. The predicted molar refractivity (Wildman–Crippen MR) is 66.2 cm³/mol. The minimum atomic E-state index is 0.921. The molecule has 2 heteroatoms. The van der Waals surface area contributed by atoms with Crippen LogP contribution >= 0.6 is 15.9 Å². The van der Waals surface area contributed by atoms with Crippen LogP contribution in [0.2, 0.25) is 0 Å². The van der Waals surface area contributed by atoms with Gasteiger partial charge in [-0.3, -0.25) is 0 Å². The van der Waals surface area contributed by atoms with Gasteiger partial charge in [-0.25, -0.2) is 0 Å². The van der Waals surface area contributed by atoms with Crippen LogP contribution in [0.4, 0.5) is 5.69 Å². The molecule has 14 heavy (non-hydrogen) atoms. The van der Waals surface area contributed by atoms with E-state index in [0.717, 1.165) is 11.9 Å². The third-order valence-electron chi connectivity index (χ3n) is 2.63. The van der Waals surface area contributed by atoms with E-state index in [4.69, 9.17) is 0 Å². The largest absolute Gasteiger partial charge is 0.374 e. The average molecular weight is 252 g/mol. The number of hydrogen-bond donors (Lipinski definition) is 0. The summed E-state index contributed by atoms with van der Waals surface area (Å²) in [6.45, 7) is 1.15. The topological polar surface area (TPSA) is 3.24 Å². The zero-order valence-corrected chi connectivity index (χ0v) is 9.92. The van der Waals surface area contributed by atoms with Crippen molar-refractivity contribution in [2.75, 3.05) is 23.8 Å². The molecule has 0 aliphatic carbocycles. The van der Waals surface area contributed by atoms with Crippen molar-refractivity contribution in [1.82, 2.24) is 0 Å². The maximum Gasteiger partial charge on any atom is 0.0397 e. The van der Waals surface area contributed by atoms with Crippen LogP contribution < -0.4 is 4.90 Å². The third-order valence-corrected chi connectivity index (χ3v) is 3.00. The third kappa shape index (κ3) is 1.85. The number of rotatable bonds is 2. The van der Waals surface area contributed by atoms with Crippen molar-refractivity contribution in [2.45, 2.75) is 6.42 Å². The SMILES string of the molecule is CN1CCc2cc(/C=C/CBr)ccc21. The van der Waals surface area contributed by atoms with Crippen LogP contribution in [0.1, 0.15) is 11.1 Å². The molecule has 0 amide bonds. The Balaban J connectivity index is 2.28. The molecule has 0 saturated heterocycles. The first-order valence-electron chi connectivity index (χ1n) is 4.88. The van der Waals surface area contributed by atoms with Crippen LogP contribution in [0.3, 0.4) is 0 Å². The molecular formula is C12H14BrN. The molecule has 1 aliphatic rings. The highest BCUT2D eigenvalue weighted by atomic mass is 79.9. The molecule has 1 heterocycles. The number of allylic oxidation sites excluding steroid dienone is 1. The Kier molecular flexibility index (Phi) is 2.92. The molecule has 0 fully saturated rings. The number of benzene rings is 1. The van der Waals surface area contributed by atoms with Crippen molar-refractivity contribution in [3.63, 3.8) is 0 Å². The summed E-state index contributed by atoms with van der Waals surface area (Å²) in [6, 6.07) is 6.69. The number of fused-ring (bicyclic) bond motifs is 1. The lowest BCUT2D eigenvalue weighted by atomic mass is 10.1. The van der Waals surface area contributed by atoms with Gasteiger partial charge in [-0.1, -0.05) is 34.1 Å². The lowest BCUT2D eigenvalue weighted by molar-refractivity contribution is 0.956. The molecule has 0 atom stereocenters. The number of halogens is 1. The monoisotopic (exact) mass is 251 g/mol. The number of likely N-dealkylation sites (N-methyl/N-ethyl adjacent to an activating group) is 1. The Morgan fingerprint density at radius 2 is 2.36 bits per heavy atom. The van der Waals surface area contributed by atoms with Crippen molar-refractivity contribution in [1.29, 1.82) is 0 Å². The quantitative estimate of drug-likeness (QED) is 0.731. The molecule has 0 unspecified atom stereocenters. The number of hydrogen-bond acceptors (Lipinski definition) is 1. The molecule has 0 aromatic heterocycles. The lowest BCUT2D eigenvalue weighted by Gasteiger charge is -2.11. The summed E-state index contributed by atoms with van der Waals surface area (Å²) in [5.74, 6) is 0. The lowest BCUT2D eigenvalue weighted by Crippen LogP contribution is -2.12. The van der Waals surface area contributed by atoms with Gasteiger partial charge in [0.15, 0.2) is 0 Å². The standard InChI is InChI=1S/C12H14BrN/c1-14-8-6-11-9-10(3-2-7-13)4-5-12(11)14/h2-5,9H,6-8H2,1H3/b3-2+. The van der Waals surface area contributed by atoms with Crippen LogP contribution in [0.5, 0.6) is 0 Å². The van der Waals surface area contributed by atoms with Gasteiger partial charge in [0.1, 0.15) is 0 Å². The summed E-state index contributed by atoms with van der Waals surface area (Å²) in [5, 5.41) is 0.921. The van der Waals surface area contributed by atoms with Crippen molar-refractivity contribution in [3.05, 3.63) is 35.4 Å². The maximum atomic E-state index is 3.38. The van der Waals surface area contributed by atoms with E-state index in [1.165, 1.54) is 23.2 Å². The molecule has 0 N–H and O–H groups in total. The minimum Gasteiger partial charge on any atom is -0.374 e. The highest BCUT2D eigenvalue weighted by molar-refractivity contribution is 9.09. The molecule has 0 bridgehead atoms. The van der Waals surface area contributed by atoms with E-state index in [2.05, 4.69) is 58.2 Å². The predicted octanol–water partition coefficient (Wildman–Crippen LogP) is 3.09. The fourth-order valence-electron chi connectivity index (χ4n) is 1.87. The van der Waals surface area contributed by atoms with Gasteiger partial charge < -0.3 is 4.90 Å². The fraction of sp³-hybridized carbons (Fsp3) is 0.333. The molecule has 0 spiro atoms. The summed E-state index contributed by atoms with van der Waals surface area (Å²) in [4.78, 5) is 2.31. The molecule has 0 saturated carbocycles. The first-order chi connectivity index (χ1) is 6.81. The van der Waals surface area contributed by atoms with E-state index in [-0.39, 0.29) is 0 Å². The van der Waals surface area contributed by atoms with Gasteiger partial charge in [0.05, 0.1) is 0 Å². The zero-order valence-electron chi connectivity index (χ0n) is 8.33. The summed E-state index contributed by atoms with van der Waals surface area (Å²) >= 11 is 3.38. The van der Waals surface area contributed by atoms with Crippen LogP contribution in [0.25, 0.3) is 6.08 Å². The molecule has 1 aromatic rings. The molecule has 74 valence electrons. The molecule has 0 radical (unpaired) electrons. The first kappa shape index (κ1) is 9.78. The molecule has 1 aromatic carbocycles. The fourth-order valence-corrected chi connectivity index (χ4v) is 2.06. The van der Waals surface area contributed by atoms with Gasteiger partial charge in [-0.15, -0.1) is 0 Å².